The van der Waals surface area contributed by atoms with Gasteiger partial charge in [-0.15, -0.1) is 0 Å². The second-order valence-corrected chi connectivity index (χ2v) is 7.12. The predicted molar refractivity (Wildman–Crippen MR) is 84.9 cm³/mol. The van der Waals surface area contributed by atoms with E-state index in [1.54, 1.807) is 0 Å². The normalized spacial score (nSPS) is 30.0. The molecule has 0 bridgehead atoms. The maximum Gasteiger partial charge on any atom is 0.0431 e. The van der Waals surface area contributed by atoms with Gasteiger partial charge < -0.3 is 10.0 Å². The third-order valence-electron chi connectivity index (χ3n) is 5.49. The van der Waals surface area contributed by atoms with E-state index >= 15 is 0 Å². The van der Waals surface area contributed by atoms with E-state index < -0.39 is 0 Å². The second-order valence-electron chi connectivity index (χ2n) is 7.12. The number of aliphatic hydroxyl groups is 1. The summed E-state index contributed by atoms with van der Waals surface area (Å²) in [5.74, 6) is 1.85. The van der Waals surface area contributed by atoms with E-state index in [1.165, 1.54) is 58.4 Å². The van der Waals surface area contributed by atoms with Crippen molar-refractivity contribution >= 4 is 0 Å². The van der Waals surface area contributed by atoms with Gasteiger partial charge in [-0.25, -0.2) is 0 Å². The fourth-order valence-electron chi connectivity index (χ4n) is 3.93. The molecule has 1 saturated heterocycles. The zero-order chi connectivity index (χ0) is 14.4. The van der Waals surface area contributed by atoms with Gasteiger partial charge >= 0.3 is 0 Å². The molecule has 0 aromatic rings. The van der Waals surface area contributed by atoms with Crippen molar-refractivity contribution < 1.29 is 5.11 Å². The minimum Gasteiger partial charge on any atom is -0.396 e. The van der Waals surface area contributed by atoms with E-state index in [2.05, 4.69) is 23.6 Å². The molecular formula is C17H34N2O. The second kappa shape index (κ2) is 8.35. The van der Waals surface area contributed by atoms with Crippen LogP contribution in [0.4, 0.5) is 0 Å². The van der Waals surface area contributed by atoms with E-state index in [0.717, 1.165) is 30.7 Å². The molecule has 0 aromatic carbocycles. The third kappa shape index (κ3) is 4.71. The number of hydrogen-bond donors (Lipinski definition) is 1. The number of rotatable bonds is 6. The molecule has 1 aliphatic carbocycles. The summed E-state index contributed by atoms with van der Waals surface area (Å²) in [6.07, 6.45) is 7.84. The van der Waals surface area contributed by atoms with E-state index in [0.29, 0.717) is 6.61 Å². The van der Waals surface area contributed by atoms with Crippen molar-refractivity contribution in [1.82, 2.24) is 9.80 Å². The number of nitrogens with zero attached hydrogens (tertiary/aromatic N) is 2. The van der Waals surface area contributed by atoms with Crippen LogP contribution in [-0.4, -0.2) is 60.3 Å². The van der Waals surface area contributed by atoms with Crippen LogP contribution in [0.2, 0.25) is 0 Å². The summed E-state index contributed by atoms with van der Waals surface area (Å²) in [5, 5.41) is 8.84. The average molecular weight is 282 g/mol. The van der Waals surface area contributed by atoms with Crippen LogP contribution in [0.3, 0.4) is 0 Å². The van der Waals surface area contributed by atoms with Crippen LogP contribution in [0.5, 0.6) is 0 Å². The molecule has 1 N–H and O–H groups in total. The molecule has 2 fully saturated rings. The van der Waals surface area contributed by atoms with Crippen molar-refractivity contribution in [3.05, 3.63) is 0 Å². The summed E-state index contributed by atoms with van der Waals surface area (Å²) >= 11 is 0. The van der Waals surface area contributed by atoms with Gasteiger partial charge in [-0.3, -0.25) is 4.90 Å². The summed E-state index contributed by atoms with van der Waals surface area (Å²) in [6, 6.07) is 0.865. The Morgan fingerprint density at radius 3 is 2.15 bits per heavy atom. The first-order chi connectivity index (χ1) is 9.70. The standard InChI is InChI=1S/C17H34N2O/c1-15(2)16-5-7-17(8-6-16)19-12-10-18(11-13-19)9-3-4-14-20/h15-17,20H,3-14H2,1-2H3. The van der Waals surface area contributed by atoms with Crippen molar-refractivity contribution in [3.63, 3.8) is 0 Å². The van der Waals surface area contributed by atoms with E-state index in [4.69, 9.17) is 5.11 Å². The molecule has 1 heterocycles. The van der Waals surface area contributed by atoms with Gasteiger partial charge in [0.05, 0.1) is 0 Å². The molecular weight excluding hydrogens is 248 g/mol. The van der Waals surface area contributed by atoms with Gasteiger partial charge in [-0.2, -0.15) is 0 Å². The average Bonchev–Trinajstić information content (AvgIpc) is 2.48. The molecule has 0 unspecified atom stereocenters. The lowest BCUT2D eigenvalue weighted by atomic mass is 9.79. The van der Waals surface area contributed by atoms with Crippen molar-refractivity contribution in [2.75, 3.05) is 39.3 Å². The van der Waals surface area contributed by atoms with Gasteiger partial charge in [0, 0.05) is 38.8 Å². The summed E-state index contributed by atoms with van der Waals surface area (Å²) in [6.45, 7) is 11.3. The first-order valence-electron chi connectivity index (χ1n) is 8.78. The van der Waals surface area contributed by atoms with Crippen LogP contribution in [0, 0.1) is 11.8 Å². The maximum atomic E-state index is 8.84. The number of piperazine rings is 1. The monoisotopic (exact) mass is 282 g/mol. The zero-order valence-corrected chi connectivity index (χ0v) is 13.6. The number of aliphatic hydroxyl groups excluding tert-OH is 1. The molecule has 2 aliphatic rings. The molecule has 2 rings (SSSR count). The highest BCUT2D eigenvalue weighted by Crippen LogP contribution is 2.32. The number of hydrogen-bond acceptors (Lipinski definition) is 3. The molecule has 0 aromatic heterocycles. The molecule has 0 spiro atoms. The first kappa shape index (κ1) is 16.3. The van der Waals surface area contributed by atoms with E-state index in [1.807, 2.05) is 0 Å². The Hall–Kier alpha value is -0.120. The minimum atomic E-state index is 0.346. The van der Waals surface area contributed by atoms with Gasteiger partial charge in [0.15, 0.2) is 0 Å². The Kier molecular flexibility index (Phi) is 6.79. The molecule has 0 amide bonds. The fourth-order valence-corrected chi connectivity index (χ4v) is 3.93. The molecule has 1 saturated carbocycles. The minimum absolute atomic E-state index is 0.346. The summed E-state index contributed by atoms with van der Waals surface area (Å²) < 4.78 is 0. The predicted octanol–water partition coefficient (Wildman–Crippen LogP) is 2.59. The van der Waals surface area contributed by atoms with E-state index in [9.17, 15) is 0 Å². The van der Waals surface area contributed by atoms with Crippen molar-refractivity contribution in [1.29, 1.82) is 0 Å². The topological polar surface area (TPSA) is 26.7 Å². The van der Waals surface area contributed by atoms with Crippen LogP contribution in [0.15, 0.2) is 0 Å². The fraction of sp³-hybridized carbons (Fsp3) is 1.00. The lowest BCUT2D eigenvalue weighted by molar-refractivity contribution is 0.0643. The van der Waals surface area contributed by atoms with Gasteiger partial charge in [-0.1, -0.05) is 13.8 Å². The first-order valence-corrected chi connectivity index (χ1v) is 8.78. The highest BCUT2D eigenvalue weighted by Gasteiger charge is 2.28. The van der Waals surface area contributed by atoms with Crippen LogP contribution >= 0.6 is 0 Å². The Balaban J connectivity index is 1.64. The quantitative estimate of drug-likeness (QED) is 0.759. The largest absolute Gasteiger partial charge is 0.396 e. The van der Waals surface area contributed by atoms with Crippen LogP contribution in [0.1, 0.15) is 52.4 Å². The van der Waals surface area contributed by atoms with Crippen LogP contribution < -0.4 is 0 Å². The SMILES string of the molecule is CC(C)C1CCC(N2CCN(CCCCO)CC2)CC1. The van der Waals surface area contributed by atoms with Crippen LogP contribution in [-0.2, 0) is 0 Å². The smallest absolute Gasteiger partial charge is 0.0431 e. The lowest BCUT2D eigenvalue weighted by Crippen LogP contribution is -2.51. The van der Waals surface area contributed by atoms with Gasteiger partial charge in [0.1, 0.15) is 0 Å². The highest BCUT2D eigenvalue weighted by molar-refractivity contribution is 4.84. The van der Waals surface area contributed by atoms with Crippen LogP contribution in [0.25, 0.3) is 0 Å². The lowest BCUT2D eigenvalue weighted by Gasteiger charge is -2.42. The van der Waals surface area contributed by atoms with Gasteiger partial charge in [0.2, 0.25) is 0 Å². The third-order valence-corrected chi connectivity index (χ3v) is 5.49. The Bertz CT molecular complexity index is 254. The van der Waals surface area contributed by atoms with E-state index in [-0.39, 0.29) is 0 Å². The van der Waals surface area contributed by atoms with Crippen molar-refractivity contribution in [2.24, 2.45) is 11.8 Å². The molecule has 0 atom stereocenters. The zero-order valence-electron chi connectivity index (χ0n) is 13.6. The molecule has 0 radical (unpaired) electrons. The summed E-state index contributed by atoms with van der Waals surface area (Å²) in [4.78, 5) is 5.32. The van der Waals surface area contributed by atoms with Crippen molar-refractivity contribution in [3.8, 4) is 0 Å². The molecule has 1 aliphatic heterocycles. The molecule has 20 heavy (non-hydrogen) atoms. The summed E-state index contributed by atoms with van der Waals surface area (Å²) in [5.41, 5.74) is 0. The Morgan fingerprint density at radius 2 is 1.60 bits per heavy atom. The van der Waals surface area contributed by atoms with Crippen molar-refractivity contribution in [2.45, 2.75) is 58.4 Å². The Labute approximate surface area is 125 Å². The van der Waals surface area contributed by atoms with Gasteiger partial charge in [-0.05, 0) is 56.9 Å². The summed E-state index contributed by atoms with van der Waals surface area (Å²) in [7, 11) is 0. The number of unbranched alkanes of at least 4 members (excludes halogenated alkanes) is 1. The molecule has 118 valence electrons. The molecule has 3 nitrogen and oxygen atoms in total. The Morgan fingerprint density at radius 1 is 0.950 bits per heavy atom. The maximum absolute atomic E-state index is 8.84. The molecule has 3 heteroatoms. The van der Waals surface area contributed by atoms with Gasteiger partial charge in [0.25, 0.3) is 0 Å². The highest BCUT2D eigenvalue weighted by atomic mass is 16.2.